The lowest BCUT2D eigenvalue weighted by Gasteiger charge is -2.10. The number of nitrogens with zero attached hydrogens (tertiary/aromatic N) is 2. The molecule has 0 aliphatic rings. The Labute approximate surface area is 121 Å². The summed E-state index contributed by atoms with van der Waals surface area (Å²) in [7, 11) is 1.59. The lowest BCUT2D eigenvalue weighted by Crippen LogP contribution is -2.26. The largest absolute Gasteiger partial charge is 0.383 e. The molecule has 19 heavy (non-hydrogen) atoms. The second kappa shape index (κ2) is 9.06. The van der Waals surface area contributed by atoms with Crippen LogP contribution < -0.4 is 10.9 Å². The maximum Gasteiger partial charge on any atom is 0.283 e. The highest BCUT2D eigenvalue weighted by Crippen LogP contribution is 2.15. The normalized spacial score (nSPS) is 10.7. The van der Waals surface area contributed by atoms with E-state index in [2.05, 4.69) is 26.3 Å². The van der Waals surface area contributed by atoms with Crippen molar-refractivity contribution in [2.45, 2.75) is 19.9 Å². The summed E-state index contributed by atoms with van der Waals surface area (Å²) >= 11 is 3.30. The van der Waals surface area contributed by atoms with Gasteiger partial charge in [0.2, 0.25) is 0 Å². The van der Waals surface area contributed by atoms with Crippen LogP contribution in [0.1, 0.15) is 13.3 Å². The van der Waals surface area contributed by atoms with Gasteiger partial charge in [0.15, 0.2) is 0 Å². The predicted octanol–water partition coefficient (Wildman–Crippen LogP) is 1.49. The molecule has 1 N–H and O–H groups in total. The van der Waals surface area contributed by atoms with E-state index >= 15 is 0 Å². The second-order valence-electron chi connectivity index (χ2n) is 3.87. The van der Waals surface area contributed by atoms with E-state index in [1.807, 2.05) is 6.92 Å². The van der Waals surface area contributed by atoms with Gasteiger partial charge in [0.25, 0.3) is 5.56 Å². The fourth-order valence-corrected chi connectivity index (χ4v) is 1.91. The van der Waals surface area contributed by atoms with Crippen LogP contribution in [0.3, 0.4) is 0 Å². The van der Waals surface area contributed by atoms with Crippen molar-refractivity contribution in [2.75, 3.05) is 38.8 Å². The minimum atomic E-state index is -0.160. The van der Waals surface area contributed by atoms with Gasteiger partial charge in [0.05, 0.1) is 25.0 Å². The van der Waals surface area contributed by atoms with Gasteiger partial charge >= 0.3 is 0 Å². The minimum Gasteiger partial charge on any atom is -0.383 e. The Hall–Kier alpha value is -0.920. The zero-order chi connectivity index (χ0) is 14.1. The summed E-state index contributed by atoms with van der Waals surface area (Å²) in [6.45, 7) is 5.04. The van der Waals surface area contributed by atoms with Gasteiger partial charge in [-0.25, -0.2) is 4.68 Å². The molecule has 108 valence electrons. The summed E-state index contributed by atoms with van der Waals surface area (Å²) in [5.74, 6) is 0. The topological polar surface area (TPSA) is 65.4 Å². The molecule has 0 aliphatic carbocycles. The van der Waals surface area contributed by atoms with Crippen molar-refractivity contribution >= 4 is 21.6 Å². The molecule has 1 aromatic rings. The zero-order valence-electron chi connectivity index (χ0n) is 11.3. The summed E-state index contributed by atoms with van der Waals surface area (Å²) in [5, 5.41) is 7.25. The third kappa shape index (κ3) is 5.30. The average Bonchev–Trinajstić information content (AvgIpc) is 2.42. The van der Waals surface area contributed by atoms with Crippen LogP contribution in [-0.4, -0.2) is 43.3 Å². The lowest BCUT2D eigenvalue weighted by molar-refractivity contribution is 0.147. The molecule has 7 heteroatoms. The number of aromatic nitrogens is 2. The first-order valence-electron chi connectivity index (χ1n) is 6.26. The maximum atomic E-state index is 12.0. The molecule has 0 amide bonds. The number of hydrogen-bond acceptors (Lipinski definition) is 5. The fraction of sp³-hybridized carbons (Fsp3) is 0.667. The van der Waals surface area contributed by atoms with Gasteiger partial charge in [-0.05, 0) is 29.3 Å². The van der Waals surface area contributed by atoms with E-state index in [9.17, 15) is 4.79 Å². The van der Waals surface area contributed by atoms with E-state index in [4.69, 9.17) is 9.47 Å². The standard InChI is InChI=1S/C12H20BrN3O3/c1-3-19-7-4-5-14-10-9-15-16(6-8-18-2)12(17)11(10)13/h9,14H,3-8H2,1-2H3. The van der Waals surface area contributed by atoms with Gasteiger partial charge in [-0.3, -0.25) is 4.79 Å². The van der Waals surface area contributed by atoms with E-state index in [-0.39, 0.29) is 5.56 Å². The average molecular weight is 334 g/mol. The van der Waals surface area contributed by atoms with Crippen molar-refractivity contribution in [3.63, 3.8) is 0 Å². The van der Waals surface area contributed by atoms with Crippen LogP contribution in [0.2, 0.25) is 0 Å². The Kier molecular flexibility index (Phi) is 7.69. The SMILES string of the molecule is CCOCCCNc1cnn(CCOC)c(=O)c1Br. The van der Waals surface area contributed by atoms with Crippen molar-refractivity contribution in [3.05, 3.63) is 21.0 Å². The number of hydrogen-bond donors (Lipinski definition) is 1. The molecule has 0 unspecified atom stereocenters. The van der Waals surface area contributed by atoms with E-state index in [0.717, 1.165) is 19.6 Å². The Bertz CT molecular complexity index is 437. The summed E-state index contributed by atoms with van der Waals surface area (Å²) < 4.78 is 12.0. The molecule has 0 aromatic carbocycles. The first-order chi connectivity index (χ1) is 9.20. The van der Waals surface area contributed by atoms with Crippen LogP contribution in [0, 0.1) is 0 Å². The van der Waals surface area contributed by atoms with Gasteiger partial charge in [0, 0.05) is 26.9 Å². The number of halogens is 1. The first kappa shape index (κ1) is 16.1. The van der Waals surface area contributed by atoms with Gasteiger partial charge in [-0.1, -0.05) is 0 Å². The third-order valence-corrected chi connectivity index (χ3v) is 3.24. The second-order valence-corrected chi connectivity index (χ2v) is 4.66. The van der Waals surface area contributed by atoms with E-state index in [1.54, 1.807) is 13.3 Å². The molecule has 0 atom stereocenters. The molecule has 1 heterocycles. The smallest absolute Gasteiger partial charge is 0.283 e. The maximum absolute atomic E-state index is 12.0. The molecule has 1 rings (SSSR count). The summed E-state index contributed by atoms with van der Waals surface area (Å²) in [4.78, 5) is 12.0. The summed E-state index contributed by atoms with van der Waals surface area (Å²) in [6, 6.07) is 0. The van der Waals surface area contributed by atoms with Crippen LogP contribution in [-0.2, 0) is 16.0 Å². The van der Waals surface area contributed by atoms with Crippen LogP contribution in [0.4, 0.5) is 5.69 Å². The van der Waals surface area contributed by atoms with Crippen LogP contribution in [0.5, 0.6) is 0 Å². The van der Waals surface area contributed by atoms with Gasteiger partial charge < -0.3 is 14.8 Å². The molecule has 0 radical (unpaired) electrons. The van der Waals surface area contributed by atoms with Crippen LogP contribution in [0.25, 0.3) is 0 Å². The summed E-state index contributed by atoms with van der Waals surface area (Å²) in [5.41, 5.74) is 0.544. The number of rotatable bonds is 9. The van der Waals surface area contributed by atoms with E-state index in [1.165, 1.54) is 4.68 Å². The minimum absolute atomic E-state index is 0.160. The molecule has 0 bridgehead atoms. The monoisotopic (exact) mass is 333 g/mol. The van der Waals surface area contributed by atoms with Crippen molar-refractivity contribution in [1.29, 1.82) is 0 Å². The van der Waals surface area contributed by atoms with Gasteiger partial charge in [-0.2, -0.15) is 5.10 Å². The lowest BCUT2D eigenvalue weighted by atomic mass is 10.4. The summed E-state index contributed by atoms with van der Waals surface area (Å²) in [6.07, 6.45) is 2.52. The van der Waals surface area contributed by atoms with Gasteiger partial charge in [-0.15, -0.1) is 0 Å². The molecule has 1 aromatic heterocycles. The highest BCUT2D eigenvalue weighted by Gasteiger charge is 2.08. The van der Waals surface area contributed by atoms with Crippen molar-refractivity contribution in [3.8, 4) is 0 Å². The third-order valence-electron chi connectivity index (χ3n) is 2.48. The Morgan fingerprint density at radius 3 is 2.95 bits per heavy atom. The Morgan fingerprint density at radius 1 is 1.47 bits per heavy atom. The molecular weight excluding hydrogens is 314 g/mol. The predicted molar refractivity (Wildman–Crippen MR) is 77.7 cm³/mol. The molecule has 0 saturated carbocycles. The van der Waals surface area contributed by atoms with Crippen molar-refractivity contribution in [2.24, 2.45) is 0 Å². The fourth-order valence-electron chi connectivity index (χ4n) is 1.47. The number of nitrogens with one attached hydrogen (secondary N) is 1. The van der Waals surface area contributed by atoms with E-state index in [0.29, 0.717) is 29.9 Å². The van der Waals surface area contributed by atoms with E-state index < -0.39 is 0 Å². The number of ether oxygens (including phenoxy) is 2. The molecule has 0 aliphatic heterocycles. The van der Waals surface area contributed by atoms with Crippen molar-refractivity contribution < 1.29 is 9.47 Å². The first-order valence-corrected chi connectivity index (χ1v) is 7.06. The van der Waals surface area contributed by atoms with Crippen LogP contribution >= 0.6 is 15.9 Å². The molecule has 0 spiro atoms. The number of anilines is 1. The quantitative estimate of drug-likeness (QED) is 0.693. The Morgan fingerprint density at radius 2 is 2.26 bits per heavy atom. The molecule has 0 saturated heterocycles. The highest BCUT2D eigenvalue weighted by atomic mass is 79.9. The van der Waals surface area contributed by atoms with Crippen molar-refractivity contribution in [1.82, 2.24) is 9.78 Å². The highest BCUT2D eigenvalue weighted by molar-refractivity contribution is 9.10. The zero-order valence-corrected chi connectivity index (χ0v) is 12.9. The molecule has 0 fully saturated rings. The number of methoxy groups -OCH3 is 1. The Balaban J connectivity index is 2.56. The molecular formula is C12H20BrN3O3. The van der Waals surface area contributed by atoms with Gasteiger partial charge in [0.1, 0.15) is 4.47 Å². The van der Waals surface area contributed by atoms with Crippen LogP contribution in [0.15, 0.2) is 15.5 Å². The molecule has 6 nitrogen and oxygen atoms in total.